The molecule has 3 heterocycles. The van der Waals surface area contributed by atoms with E-state index < -0.39 is 5.54 Å². The quantitative estimate of drug-likeness (QED) is 0.766. The number of rotatable bonds is 4. The summed E-state index contributed by atoms with van der Waals surface area (Å²) in [6, 6.07) is 8.33. The summed E-state index contributed by atoms with van der Waals surface area (Å²) >= 11 is 0. The molecule has 1 atom stereocenters. The third-order valence-electron chi connectivity index (χ3n) is 5.14. The minimum Gasteiger partial charge on any atom is -0.361 e. The lowest BCUT2D eigenvalue weighted by molar-refractivity contribution is -0.132. The number of benzene rings is 1. The SMILES string of the molecule is CNC(=O)C1(c2cnccn2)CCCN1Cc1cccc2[nH]ccc12. The van der Waals surface area contributed by atoms with Crippen LogP contribution in [-0.2, 0) is 16.9 Å². The van der Waals surface area contributed by atoms with E-state index in [1.807, 2.05) is 12.3 Å². The van der Waals surface area contributed by atoms with Gasteiger partial charge in [0.15, 0.2) is 0 Å². The molecule has 6 nitrogen and oxygen atoms in total. The lowest BCUT2D eigenvalue weighted by atomic mass is 9.90. The first-order valence-corrected chi connectivity index (χ1v) is 8.54. The van der Waals surface area contributed by atoms with Gasteiger partial charge in [-0.1, -0.05) is 12.1 Å². The molecule has 0 bridgehead atoms. The van der Waals surface area contributed by atoms with Crippen molar-refractivity contribution in [3.63, 3.8) is 0 Å². The number of likely N-dealkylation sites (tertiary alicyclic amines) is 1. The normalized spacial score (nSPS) is 20.8. The second-order valence-corrected chi connectivity index (χ2v) is 6.41. The summed E-state index contributed by atoms with van der Waals surface area (Å²) < 4.78 is 0. The largest absolute Gasteiger partial charge is 0.361 e. The van der Waals surface area contributed by atoms with Gasteiger partial charge in [0, 0.05) is 43.1 Å². The van der Waals surface area contributed by atoms with E-state index in [4.69, 9.17) is 0 Å². The van der Waals surface area contributed by atoms with Crippen LogP contribution in [0, 0.1) is 0 Å². The Bertz CT molecular complexity index is 891. The number of amides is 1. The van der Waals surface area contributed by atoms with Crippen molar-refractivity contribution < 1.29 is 4.79 Å². The highest BCUT2D eigenvalue weighted by molar-refractivity contribution is 5.87. The van der Waals surface area contributed by atoms with E-state index in [1.54, 1.807) is 25.6 Å². The average molecular weight is 335 g/mol. The molecule has 0 spiro atoms. The third kappa shape index (κ3) is 2.49. The zero-order valence-electron chi connectivity index (χ0n) is 14.2. The molecular weight excluding hydrogens is 314 g/mol. The van der Waals surface area contributed by atoms with E-state index in [0.29, 0.717) is 12.2 Å². The van der Waals surface area contributed by atoms with Crippen LogP contribution in [0.15, 0.2) is 49.1 Å². The maximum Gasteiger partial charge on any atom is 0.246 e. The molecule has 1 amide bonds. The van der Waals surface area contributed by atoms with E-state index in [-0.39, 0.29) is 5.91 Å². The van der Waals surface area contributed by atoms with Gasteiger partial charge in [-0.05, 0) is 37.1 Å². The van der Waals surface area contributed by atoms with Crippen LogP contribution in [-0.4, -0.2) is 39.4 Å². The fraction of sp³-hybridized carbons (Fsp3) is 0.316. The van der Waals surface area contributed by atoms with Crippen molar-refractivity contribution in [3.8, 4) is 0 Å². The Balaban J connectivity index is 1.77. The summed E-state index contributed by atoms with van der Waals surface area (Å²) in [5.41, 5.74) is 2.27. The van der Waals surface area contributed by atoms with Crippen molar-refractivity contribution >= 4 is 16.8 Å². The van der Waals surface area contributed by atoms with Gasteiger partial charge in [0.1, 0.15) is 5.54 Å². The van der Waals surface area contributed by atoms with Gasteiger partial charge in [-0.15, -0.1) is 0 Å². The van der Waals surface area contributed by atoms with E-state index >= 15 is 0 Å². The maximum atomic E-state index is 12.9. The zero-order valence-corrected chi connectivity index (χ0v) is 14.2. The van der Waals surface area contributed by atoms with Crippen molar-refractivity contribution in [2.75, 3.05) is 13.6 Å². The van der Waals surface area contributed by atoms with Crippen LogP contribution in [0.5, 0.6) is 0 Å². The standard InChI is InChI=1S/C19H21N5O/c1-20-18(25)19(17-12-21-9-10-23-17)7-3-11-24(19)13-14-4-2-5-16-15(14)6-8-22-16/h2,4-6,8-10,12,22H,3,7,11,13H2,1H3,(H,20,25). The van der Waals surface area contributed by atoms with Crippen molar-refractivity contribution in [3.05, 3.63) is 60.3 Å². The summed E-state index contributed by atoms with van der Waals surface area (Å²) in [6.07, 6.45) is 8.66. The molecule has 1 aromatic carbocycles. The van der Waals surface area contributed by atoms with Crippen molar-refractivity contribution in [2.24, 2.45) is 0 Å². The topological polar surface area (TPSA) is 73.9 Å². The lowest BCUT2D eigenvalue weighted by Gasteiger charge is -2.36. The number of fused-ring (bicyclic) bond motifs is 1. The number of likely N-dealkylation sites (N-methyl/N-ethyl adjacent to an activating group) is 1. The van der Waals surface area contributed by atoms with Gasteiger partial charge in [-0.3, -0.25) is 19.7 Å². The third-order valence-corrected chi connectivity index (χ3v) is 5.14. The summed E-state index contributed by atoms with van der Waals surface area (Å²) in [6.45, 7) is 1.55. The van der Waals surface area contributed by atoms with Crippen LogP contribution in [0.1, 0.15) is 24.1 Å². The fourth-order valence-corrected chi connectivity index (χ4v) is 3.97. The lowest BCUT2D eigenvalue weighted by Crippen LogP contribution is -2.52. The summed E-state index contributed by atoms with van der Waals surface area (Å²) in [5.74, 6) is -0.0215. The maximum absolute atomic E-state index is 12.9. The molecule has 0 saturated carbocycles. The van der Waals surface area contributed by atoms with Crippen LogP contribution in [0.25, 0.3) is 10.9 Å². The molecule has 1 saturated heterocycles. The first-order valence-electron chi connectivity index (χ1n) is 8.54. The second kappa shape index (κ2) is 6.29. The summed E-state index contributed by atoms with van der Waals surface area (Å²) in [7, 11) is 1.68. The fourth-order valence-electron chi connectivity index (χ4n) is 3.97. The molecular formula is C19H21N5O. The van der Waals surface area contributed by atoms with Crippen LogP contribution in [0.2, 0.25) is 0 Å². The molecule has 6 heteroatoms. The number of nitrogens with one attached hydrogen (secondary N) is 2. The smallest absolute Gasteiger partial charge is 0.246 e. The van der Waals surface area contributed by atoms with Gasteiger partial charge in [0.05, 0.1) is 11.9 Å². The monoisotopic (exact) mass is 335 g/mol. The predicted molar refractivity (Wildman–Crippen MR) is 95.7 cm³/mol. The second-order valence-electron chi connectivity index (χ2n) is 6.41. The Labute approximate surface area is 146 Å². The van der Waals surface area contributed by atoms with E-state index in [2.05, 4.69) is 43.4 Å². The molecule has 25 heavy (non-hydrogen) atoms. The minimum absolute atomic E-state index is 0.0215. The Morgan fingerprint density at radius 1 is 1.36 bits per heavy atom. The van der Waals surface area contributed by atoms with E-state index in [9.17, 15) is 4.79 Å². The number of aromatic nitrogens is 3. The van der Waals surface area contributed by atoms with Crippen LogP contribution in [0.4, 0.5) is 0 Å². The number of nitrogens with zero attached hydrogens (tertiary/aromatic N) is 3. The van der Waals surface area contributed by atoms with Crippen LogP contribution < -0.4 is 5.32 Å². The molecule has 2 N–H and O–H groups in total. The first kappa shape index (κ1) is 15.8. The molecule has 0 radical (unpaired) electrons. The van der Waals surface area contributed by atoms with Crippen LogP contribution in [0.3, 0.4) is 0 Å². The highest BCUT2D eigenvalue weighted by atomic mass is 16.2. The molecule has 0 aliphatic carbocycles. The highest BCUT2D eigenvalue weighted by Gasteiger charge is 2.49. The highest BCUT2D eigenvalue weighted by Crippen LogP contribution is 2.39. The molecule has 1 aliphatic rings. The molecule has 128 valence electrons. The van der Waals surface area contributed by atoms with Gasteiger partial charge >= 0.3 is 0 Å². The van der Waals surface area contributed by atoms with Crippen LogP contribution >= 0.6 is 0 Å². The minimum atomic E-state index is -0.762. The Kier molecular flexibility index (Phi) is 3.97. The van der Waals surface area contributed by atoms with Gasteiger partial charge in [0.25, 0.3) is 0 Å². The van der Waals surface area contributed by atoms with Gasteiger partial charge in [-0.25, -0.2) is 0 Å². The Morgan fingerprint density at radius 2 is 2.28 bits per heavy atom. The average Bonchev–Trinajstić information content (AvgIpc) is 3.30. The summed E-state index contributed by atoms with van der Waals surface area (Å²) in [5, 5.41) is 4.03. The first-order chi connectivity index (χ1) is 12.3. The van der Waals surface area contributed by atoms with Crippen molar-refractivity contribution in [1.29, 1.82) is 0 Å². The molecule has 1 fully saturated rings. The van der Waals surface area contributed by atoms with E-state index in [0.717, 1.165) is 24.9 Å². The Hall–Kier alpha value is -2.73. The molecule has 2 aromatic heterocycles. The zero-order chi connectivity index (χ0) is 17.3. The van der Waals surface area contributed by atoms with Gasteiger partial charge < -0.3 is 10.3 Å². The van der Waals surface area contributed by atoms with E-state index in [1.165, 1.54) is 10.9 Å². The van der Waals surface area contributed by atoms with Crippen molar-refractivity contribution in [2.45, 2.75) is 24.9 Å². The number of carbonyl (C=O) groups is 1. The molecule has 4 rings (SSSR count). The Morgan fingerprint density at radius 3 is 3.08 bits per heavy atom. The molecule has 1 aliphatic heterocycles. The summed E-state index contributed by atoms with van der Waals surface area (Å²) in [4.78, 5) is 27.1. The molecule has 1 unspecified atom stereocenters. The molecule has 3 aromatic rings. The number of carbonyl (C=O) groups excluding carboxylic acids is 1. The number of hydrogen-bond donors (Lipinski definition) is 2. The predicted octanol–water partition coefficient (Wildman–Crippen LogP) is 2.20. The number of aromatic amines is 1. The number of hydrogen-bond acceptors (Lipinski definition) is 4. The number of H-pyrrole nitrogens is 1. The van der Waals surface area contributed by atoms with Gasteiger partial charge in [-0.2, -0.15) is 0 Å². The van der Waals surface area contributed by atoms with Crippen molar-refractivity contribution in [1.82, 2.24) is 25.2 Å². The van der Waals surface area contributed by atoms with Gasteiger partial charge in [0.2, 0.25) is 5.91 Å².